The molecule has 1 aromatic heterocycles. The number of carbonyl (C=O) groups excluding carboxylic acids is 1. The molecule has 1 aromatic rings. The molecule has 0 aromatic carbocycles. The Balaban J connectivity index is 1.79. The molecule has 3 atom stereocenters. The van der Waals surface area contributed by atoms with Crippen LogP contribution in [-0.2, 0) is 20.4 Å². The Morgan fingerprint density at radius 2 is 1.79 bits per heavy atom. The Hall–Kier alpha value is -2.78. The topological polar surface area (TPSA) is 112 Å². The predicted octanol–water partition coefficient (Wildman–Crippen LogP) is 4.51. The molecule has 1 saturated heterocycles. The molecule has 12 heteroatoms. The molecule has 2 N–H and O–H groups in total. The minimum absolute atomic E-state index is 0.0425. The minimum Gasteiger partial charge on any atom is -0.447 e. The number of alkyl carbamates (subject to hydrolysis) is 1. The number of aromatic amines is 1. The Bertz CT molecular complexity index is 1020. The van der Waals surface area contributed by atoms with Gasteiger partial charge in [-0.3, -0.25) is 14.3 Å². The van der Waals surface area contributed by atoms with Crippen molar-refractivity contribution in [1.29, 1.82) is 0 Å². The molecule has 1 aliphatic rings. The number of alkyl halides is 3. The van der Waals surface area contributed by atoms with Gasteiger partial charge in [-0.1, -0.05) is 70.6 Å². The number of carbonyl (C=O) groups is 1. The Labute approximate surface area is 220 Å². The van der Waals surface area contributed by atoms with Gasteiger partial charge >= 0.3 is 18.0 Å². The highest BCUT2D eigenvalue weighted by Gasteiger charge is 2.40. The molecule has 9 nitrogen and oxygen atoms in total. The van der Waals surface area contributed by atoms with E-state index in [1.165, 1.54) is 44.9 Å². The molecular formula is C26H38F3N3O6. The van der Waals surface area contributed by atoms with E-state index in [1.54, 1.807) is 4.98 Å². The Morgan fingerprint density at radius 3 is 2.39 bits per heavy atom. The number of aromatic nitrogens is 2. The molecule has 214 valence electrons. The summed E-state index contributed by atoms with van der Waals surface area (Å²) in [6.07, 6.45) is 8.87. The van der Waals surface area contributed by atoms with E-state index in [0.29, 0.717) is 17.3 Å². The summed E-state index contributed by atoms with van der Waals surface area (Å²) >= 11 is 0. The average molecular weight is 546 g/mol. The van der Waals surface area contributed by atoms with Crippen molar-refractivity contribution in [3.8, 4) is 12.3 Å². The third-order valence-electron chi connectivity index (χ3n) is 6.32. The molecule has 0 saturated carbocycles. The molecule has 2 rings (SSSR count). The number of terminal acetylenes is 1. The number of hydrogen-bond acceptors (Lipinski definition) is 6. The van der Waals surface area contributed by atoms with Crippen LogP contribution in [0.3, 0.4) is 0 Å². The Kier molecular flexibility index (Phi) is 13.4. The van der Waals surface area contributed by atoms with Crippen molar-refractivity contribution >= 4 is 6.09 Å². The summed E-state index contributed by atoms with van der Waals surface area (Å²) in [6.45, 7) is 2.27. The lowest BCUT2D eigenvalue weighted by Gasteiger charge is -2.18. The zero-order valence-corrected chi connectivity index (χ0v) is 21.8. The second-order valence-corrected chi connectivity index (χ2v) is 9.33. The summed E-state index contributed by atoms with van der Waals surface area (Å²) in [4.78, 5) is 37.5. The van der Waals surface area contributed by atoms with Crippen LogP contribution < -0.4 is 16.6 Å². The lowest BCUT2D eigenvalue weighted by Crippen LogP contribution is -2.36. The molecule has 0 bridgehead atoms. The number of halogens is 3. The first kappa shape index (κ1) is 31.4. The maximum atomic E-state index is 13.1. The normalized spacial score (nSPS) is 19.3. The summed E-state index contributed by atoms with van der Waals surface area (Å²) < 4.78 is 56.5. The van der Waals surface area contributed by atoms with Crippen molar-refractivity contribution in [1.82, 2.24) is 14.9 Å². The standard InChI is InChI=1S/C26H38F3N3O6/c1-3-5-6-7-8-9-10-11-12-13-14-30-25(35)37-18-21-20(36-15-4-2)16-22(38-21)32-17-19(26(27,28)29)23(33)31-24(32)34/h2,17,20-22H,3,5-16,18H2,1H3,(H,30,35)(H,31,33,34)/t20-,21+,22+/m0/s1. The fourth-order valence-corrected chi connectivity index (χ4v) is 4.26. The highest BCUT2D eigenvalue weighted by atomic mass is 19.4. The monoisotopic (exact) mass is 545 g/mol. The number of rotatable bonds is 16. The van der Waals surface area contributed by atoms with E-state index in [1.807, 2.05) is 0 Å². The van der Waals surface area contributed by atoms with Crippen LogP contribution in [0.1, 0.15) is 89.3 Å². The van der Waals surface area contributed by atoms with Gasteiger partial charge in [0.1, 0.15) is 31.1 Å². The van der Waals surface area contributed by atoms with Crippen molar-refractivity contribution in [3.05, 3.63) is 32.6 Å². The zero-order chi connectivity index (χ0) is 28.0. The van der Waals surface area contributed by atoms with Crippen LogP contribution in [0, 0.1) is 12.3 Å². The smallest absolute Gasteiger partial charge is 0.423 e. The molecule has 2 heterocycles. The second kappa shape index (κ2) is 16.2. The van der Waals surface area contributed by atoms with Gasteiger partial charge in [0.15, 0.2) is 0 Å². The zero-order valence-electron chi connectivity index (χ0n) is 21.8. The third-order valence-corrected chi connectivity index (χ3v) is 6.32. The predicted molar refractivity (Wildman–Crippen MR) is 135 cm³/mol. The van der Waals surface area contributed by atoms with E-state index >= 15 is 0 Å². The Morgan fingerprint density at radius 1 is 1.16 bits per heavy atom. The van der Waals surface area contributed by atoms with Gasteiger partial charge < -0.3 is 19.5 Å². The minimum atomic E-state index is -4.96. The second-order valence-electron chi connectivity index (χ2n) is 9.33. The van der Waals surface area contributed by atoms with Gasteiger partial charge in [0, 0.05) is 19.2 Å². The van der Waals surface area contributed by atoms with E-state index in [-0.39, 0.29) is 19.6 Å². The van der Waals surface area contributed by atoms with Gasteiger partial charge in [-0.15, -0.1) is 6.42 Å². The highest BCUT2D eigenvalue weighted by molar-refractivity contribution is 5.67. The summed E-state index contributed by atoms with van der Waals surface area (Å²) in [5.41, 5.74) is -4.15. The van der Waals surface area contributed by atoms with E-state index < -0.39 is 47.5 Å². The fourth-order valence-electron chi connectivity index (χ4n) is 4.26. The van der Waals surface area contributed by atoms with E-state index in [2.05, 4.69) is 18.2 Å². The van der Waals surface area contributed by atoms with Gasteiger partial charge in [0.05, 0.1) is 6.10 Å². The number of nitrogens with one attached hydrogen (secondary N) is 2. The number of amides is 1. The molecule has 0 spiro atoms. The maximum Gasteiger partial charge on any atom is 0.423 e. The molecule has 0 aliphatic carbocycles. The number of hydrogen-bond donors (Lipinski definition) is 2. The van der Waals surface area contributed by atoms with Crippen molar-refractivity contribution in [3.63, 3.8) is 0 Å². The van der Waals surface area contributed by atoms with Crippen LogP contribution in [0.15, 0.2) is 15.8 Å². The molecule has 1 amide bonds. The lowest BCUT2D eigenvalue weighted by molar-refractivity contribution is -0.139. The van der Waals surface area contributed by atoms with Crippen LogP contribution in [-0.4, -0.2) is 47.6 Å². The quantitative estimate of drug-likeness (QED) is 0.234. The third kappa shape index (κ3) is 10.5. The molecule has 0 radical (unpaired) electrons. The van der Waals surface area contributed by atoms with Crippen LogP contribution in [0.4, 0.5) is 18.0 Å². The molecule has 0 unspecified atom stereocenters. The van der Waals surface area contributed by atoms with E-state index in [4.69, 9.17) is 20.6 Å². The van der Waals surface area contributed by atoms with Crippen molar-refractivity contribution in [2.24, 2.45) is 0 Å². The summed E-state index contributed by atoms with van der Waals surface area (Å²) in [5, 5.41) is 2.66. The number of H-pyrrole nitrogens is 1. The van der Waals surface area contributed by atoms with E-state index in [9.17, 15) is 27.6 Å². The number of nitrogens with zero attached hydrogens (tertiary/aromatic N) is 1. The van der Waals surface area contributed by atoms with Crippen molar-refractivity contribution in [2.75, 3.05) is 19.8 Å². The number of ether oxygens (including phenoxy) is 3. The molecule has 38 heavy (non-hydrogen) atoms. The van der Waals surface area contributed by atoms with Gasteiger partial charge in [-0.25, -0.2) is 9.59 Å². The maximum absolute atomic E-state index is 13.1. The van der Waals surface area contributed by atoms with Crippen molar-refractivity contribution < 1.29 is 32.2 Å². The first-order valence-electron chi connectivity index (χ1n) is 13.2. The van der Waals surface area contributed by atoms with Gasteiger partial charge in [-0.05, 0) is 6.42 Å². The van der Waals surface area contributed by atoms with Crippen LogP contribution in [0.5, 0.6) is 0 Å². The van der Waals surface area contributed by atoms with Crippen LogP contribution in [0.25, 0.3) is 0 Å². The molecule has 1 fully saturated rings. The van der Waals surface area contributed by atoms with Crippen LogP contribution >= 0.6 is 0 Å². The summed E-state index contributed by atoms with van der Waals surface area (Å²) in [7, 11) is 0. The van der Waals surface area contributed by atoms with Gasteiger partial charge in [0.25, 0.3) is 5.56 Å². The fraction of sp³-hybridized carbons (Fsp3) is 0.731. The van der Waals surface area contributed by atoms with Crippen molar-refractivity contribution in [2.45, 2.75) is 102 Å². The van der Waals surface area contributed by atoms with Gasteiger partial charge in [0.2, 0.25) is 0 Å². The highest BCUT2D eigenvalue weighted by Crippen LogP contribution is 2.32. The molecule has 1 aliphatic heterocycles. The first-order chi connectivity index (χ1) is 18.2. The SMILES string of the molecule is C#CCO[C@H]1C[C@H](n2cc(C(F)(F)F)c(=O)[nH]c2=O)O[C@@H]1COC(=O)NCCCCCCCCCCCC. The largest absolute Gasteiger partial charge is 0.447 e. The molecular weight excluding hydrogens is 507 g/mol. The summed E-state index contributed by atoms with van der Waals surface area (Å²) in [5.74, 6) is 2.28. The lowest BCUT2D eigenvalue weighted by atomic mass is 10.1. The average Bonchev–Trinajstić information content (AvgIpc) is 3.26. The van der Waals surface area contributed by atoms with Gasteiger partial charge in [-0.2, -0.15) is 13.2 Å². The van der Waals surface area contributed by atoms with E-state index in [0.717, 1.165) is 19.3 Å². The first-order valence-corrected chi connectivity index (χ1v) is 13.2. The summed E-state index contributed by atoms with van der Waals surface area (Å²) in [6, 6.07) is 0. The number of unbranched alkanes of at least 4 members (excludes halogenated alkanes) is 9. The van der Waals surface area contributed by atoms with Crippen LogP contribution in [0.2, 0.25) is 0 Å².